The Kier molecular flexibility index (Phi) is 3.50. The third-order valence-electron chi connectivity index (χ3n) is 4.94. The average molecular weight is 358 g/mol. The maximum absolute atomic E-state index is 14.7. The largest absolute Gasteiger partial charge is 0.328 e. The van der Waals surface area contributed by atoms with Gasteiger partial charge in [0.1, 0.15) is 5.82 Å². The Morgan fingerprint density at radius 2 is 1.96 bits per heavy atom. The third kappa shape index (κ3) is 2.66. The SMILES string of the molecule is O=C1c2cccnc2CN1Cc1ccc(-c2ccc3[nH]ncc3c2)cc1F. The predicted molar refractivity (Wildman–Crippen MR) is 99.3 cm³/mol. The zero-order valence-corrected chi connectivity index (χ0v) is 14.3. The average Bonchev–Trinajstić information content (AvgIpc) is 3.28. The van der Waals surface area contributed by atoms with Crippen molar-refractivity contribution in [2.24, 2.45) is 0 Å². The van der Waals surface area contributed by atoms with Gasteiger partial charge in [-0.15, -0.1) is 0 Å². The van der Waals surface area contributed by atoms with Crippen molar-refractivity contribution >= 4 is 16.8 Å². The van der Waals surface area contributed by atoms with Gasteiger partial charge in [0.15, 0.2) is 0 Å². The first kappa shape index (κ1) is 15.7. The summed E-state index contributed by atoms with van der Waals surface area (Å²) in [6.07, 6.45) is 3.41. The van der Waals surface area contributed by atoms with Crippen LogP contribution in [0.15, 0.2) is 60.9 Å². The van der Waals surface area contributed by atoms with Crippen LogP contribution in [0.5, 0.6) is 0 Å². The molecule has 1 N–H and O–H groups in total. The van der Waals surface area contributed by atoms with Crippen molar-refractivity contribution in [3.05, 3.63) is 83.6 Å². The number of amides is 1. The minimum Gasteiger partial charge on any atom is -0.328 e. The smallest absolute Gasteiger partial charge is 0.256 e. The molecule has 27 heavy (non-hydrogen) atoms. The van der Waals surface area contributed by atoms with Gasteiger partial charge in [0.05, 0.1) is 29.5 Å². The van der Waals surface area contributed by atoms with Crippen molar-refractivity contribution in [1.82, 2.24) is 20.1 Å². The Hall–Kier alpha value is -3.54. The van der Waals surface area contributed by atoms with E-state index >= 15 is 0 Å². The van der Waals surface area contributed by atoms with Gasteiger partial charge in [-0.2, -0.15) is 5.10 Å². The molecule has 1 amide bonds. The van der Waals surface area contributed by atoms with E-state index in [0.29, 0.717) is 17.7 Å². The summed E-state index contributed by atoms with van der Waals surface area (Å²) in [5.41, 5.74) is 4.48. The summed E-state index contributed by atoms with van der Waals surface area (Å²) < 4.78 is 14.7. The molecule has 132 valence electrons. The van der Waals surface area contributed by atoms with E-state index in [2.05, 4.69) is 15.2 Å². The number of halogens is 1. The lowest BCUT2D eigenvalue weighted by Crippen LogP contribution is -2.23. The van der Waals surface area contributed by atoms with Gasteiger partial charge in [-0.05, 0) is 41.5 Å². The van der Waals surface area contributed by atoms with Gasteiger partial charge in [0.25, 0.3) is 5.91 Å². The first-order valence-corrected chi connectivity index (χ1v) is 8.64. The molecule has 0 saturated heterocycles. The van der Waals surface area contributed by atoms with Gasteiger partial charge in [0.2, 0.25) is 0 Å². The van der Waals surface area contributed by atoms with E-state index in [0.717, 1.165) is 27.7 Å². The van der Waals surface area contributed by atoms with Gasteiger partial charge in [-0.1, -0.05) is 18.2 Å². The lowest BCUT2D eigenvalue weighted by atomic mass is 10.0. The third-order valence-corrected chi connectivity index (χ3v) is 4.94. The van der Waals surface area contributed by atoms with Crippen LogP contribution in [-0.2, 0) is 13.1 Å². The highest BCUT2D eigenvalue weighted by Crippen LogP contribution is 2.27. The van der Waals surface area contributed by atoms with Gasteiger partial charge in [0, 0.05) is 23.7 Å². The molecule has 1 aliphatic rings. The molecule has 0 fully saturated rings. The van der Waals surface area contributed by atoms with Crippen molar-refractivity contribution in [3.63, 3.8) is 0 Å². The van der Waals surface area contributed by atoms with Crippen LogP contribution >= 0.6 is 0 Å². The molecule has 0 bridgehead atoms. The fourth-order valence-corrected chi connectivity index (χ4v) is 3.49. The van der Waals surface area contributed by atoms with E-state index in [1.807, 2.05) is 24.3 Å². The number of H-pyrrole nitrogens is 1. The molecule has 0 atom stereocenters. The molecule has 1 aliphatic heterocycles. The Morgan fingerprint density at radius 3 is 2.81 bits per heavy atom. The highest BCUT2D eigenvalue weighted by Gasteiger charge is 2.28. The Labute approximate surface area is 154 Å². The summed E-state index contributed by atoms with van der Waals surface area (Å²) in [6, 6.07) is 14.5. The van der Waals surface area contributed by atoms with E-state index in [4.69, 9.17) is 0 Å². The van der Waals surface area contributed by atoms with Crippen LogP contribution in [-0.4, -0.2) is 26.0 Å². The number of aromatic amines is 1. The Morgan fingerprint density at radius 1 is 1.11 bits per heavy atom. The second-order valence-electron chi connectivity index (χ2n) is 6.64. The highest BCUT2D eigenvalue weighted by atomic mass is 19.1. The van der Waals surface area contributed by atoms with Crippen LogP contribution in [0.1, 0.15) is 21.6 Å². The van der Waals surface area contributed by atoms with Crippen molar-refractivity contribution in [2.75, 3.05) is 0 Å². The van der Waals surface area contributed by atoms with Crippen molar-refractivity contribution in [2.45, 2.75) is 13.1 Å². The second-order valence-corrected chi connectivity index (χ2v) is 6.64. The zero-order chi connectivity index (χ0) is 18.4. The minimum absolute atomic E-state index is 0.105. The standard InChI is InChI=1S/C21H15FN4O/c22-18-9-14(13-5-6-19-16(8-13)10-24-25-19)3-4-15(18)11-26-12-20-17(21(26)27)2-1-7-23-20/h1-10H,11-12H2,(H,24,25). The van der Waals surface area contributed by atoms with Gasteiger partial charge >= 0.3 is 0 Å². The Balaban J connectivity index is 1.41. The van der Waals surface area contributed by atoms with Crippen LogP contribution in [0.3, 0.4) is 0 Å². The summed E-state index contributed by atoms with van der Waals surface area (Å²) in [4.78, 5) is 18.3. The molecule has 0 radical (unpaired) electrons. The summed E-state index contributed by atoms with van der Waals surface area (Å²) >= 11 is 0. The molecular weight excluding hydrogens is 343 g/mol. The van der Waals surface area contributed by atoms with Crippen molar-refractivity contribution in [1.29, 1.82) is 0 Å². The monoisotopic (exact) mass is 358 g/mol. The number of hydrogen-bond donors (Lipinski definition) is 1. The zero-order valence-electron chi connectivity index (χ0n) is 14.3. The van der Waals surface area contributed by atoms with Crippen molar-refractivity contribution < 1.29 is 9.18 Å². The molecule has 5 nitrogen and oxygen atoms in total. The first-order chi connectivity index (χ1) is 13.2. The number of rotatable bonds is 3. The lowest BCUT2D eigenvalue weighted by molar-refractivity contribution is 0.0765. The number of carbonyl (C=O) groups is 1. The maximum Gasteiger partial charge on any atom is 0.256 e. The quantitative estimate of drug-likeness (QED) is 0.604. The van der Waals surface area contributed by atoms with E-state index in [1.54, 1.807) is 35.5 Å². The molecular formula is C21H15FN4O. The summed E-state index contributed by atoms with van der Waals surface area (Å²) in [7, 11) is 0. The molecule has 0 aliphatic carbocycles. The summed E-state index contributed by atoms with van der Waals surface area (Å²) in [5, 5.41) is 7.89. The number of nitrogens with zero attached hydrogens (tertiary/aromatic N) is 3. The van der Waals surface area contributed by atoms with Gasteiger partial charge in [-0.3, -0.25) is 14.9 Å². The number of carbonyl (C=O) groups excluding carboxylic acids is 1. The van der Waals surface area contributed by atoms with Crippen LogP contribution in [0, 0.1) is 5.82 Å². The number of hydrogen-bond acceptors (Lipinski definition) is 3. The van der Waals surface area contributed by atoms with E-state index in [9.17, 15) is 9.18 Å². The molecule has 3 heterocycles. The number of nitrogens with one attached hydrogen (secondary N) is 1. The maximum atomic E-state index is 14.7. The van der Waals surface area contributed by atoms with Crippen LogP contribution in [0.25, 0.3) is 22.0 Å². The first-order valence-electron chi connectivity index (χ1n) is 8.64. The Bertz CT molecular complexity index is 1180. The minimum atomic E-state index is -0.323. The highest BCUT2D eigenvalue weighted by molar-refractivity contribution is 5.97. The van der Waals surface area contributed by atoms with Crippen LogP contribution in [0.4, 0.5) is 4.39 Å². The molecule has 6 heteroatoms. The molecule has 5 rings (SSSR count). The number of pyridine rings is 1. The molecule has 2 aromatic heterocycles. The number of fused-ring (bicyclic) bond motifs is 2. The van der Waals surface area contributed by atoms with E-state index in [-0.39, 0.29) is 18.3 Å². The van der Waals surface area contributed by atoms with E-state index in [1.165, 1.54) is 6.07 Å². The molecule has 0 unspecified atom stereocenters. The second kappa shape index (κ2) is 6.02. The topological polar surface area (TPSA) is 61.9 Å². The summed E-state index contributed by atoms with van der Waals surface area (Å²) in [5.74, 6) is -0.427. The molecule has 4 aromatic rings. The number of aromatic nitrogens is 3. The summed E-state index contributed by atoms with van der Waals surface area (Å²) in [6.45, 7) is 0.634. The van der Waals surface area contributed by atoms with Crippen LogP contribution < -0.4 is 0 Å². The molecule has 2 aromatic carbocycles. The molecule has 0 saturated carbocycles. The normalized spacial score (nSPS) is 13.4. The fourth-order valence-electron chi connectivity index (χ4n) is 3.49. The predicted octanol–water partition coefficient (Wildman–Crippen LogP) is 3.92. The fraction of sp³-hybridized carbons (Fsp3) is 0.0952. The van der Waals surface area contributed by atoms with Crippen molar-refractivity contribution in [3.8, 4) is 11.1 Å². The van der Waals surface area contributed by atoms with Gasteiger partial charge < -0.3 is 4.90 Å². The number of benzene rings is 2. The molecule has 0 spiro atoms. The lowest BCUT2D eigenvalue weighted by Gasteiger charge is -2.16. The van der Waals surface area contributed by atoms with E-state index < -0.39 is 0 Å². The van der Waals surface area contributed by atoms with Gasteiger partial charge in [-0.25, -0.2) is 4.39 Å². The van der Waals surface area contributed by atoms with Crippen LogP contribution in [0.2, 0.25) is 0 Å².